The second-order valence-electron chi connectivity index (χ2n) is 6.36. The Balaban J connectivity index is 1.40. The van der Waals surface area contributed by atoms with Crippen LogP contribution in [0.4, 0.5) is 0 Å². The molecule has 0 aromatic carbocycles. The molecular weight excluding hydrogens is 272 g/mol. The molecule has 2 saturated heterocycles. The zero-order valence-corrected chi connectivity index (χ0v) is 12.6. The fourth-order valence-electron chi connectivity index (χ4n) is 3.80. The van der Waals surface area contributed by atoms with Crippen molar-refractivity contribution < 1.29 is 19.4 Å². The summed E-state index contributed by atoms with van der Waals surface area (Å²) in [6, 6.07) is 0.644. The summed E-state index contributed by atoms with van der Waals surface area (Å²) < 4.78 is 11.6. The molecule has 1 spiro atoms. The molecule has 0 unspecified atom stereocenters. The molecule has 3 rings (SSSR count). The molecular formula is C15H26N2O4. The second kappa shape index (κ2) is 6.60. The van der Waals surface area contributed by atoms with Crippen LogP contribution in [0.15, 0.2) is 0 Å². The maximum atomic E-state index is 10.6. The Kier molecular flexibility index (Phi) is 4.78. The number of carboxylic acid groups (broad SMARTS) is 1. The molecule has 21 heavy (non-hydrogen) atoms. The lowest BCUT2D eigenvalue weighted by molar-refractivity contribution is -0.184. The first-order valence-corrected chi connectivity index (χ1v) is 8.13. The minimum atomic E-state index is -0.702. The van der Waals surface area contributed by atoms with Gasteiger partial charge in [0, 0.05) is 51.6 Å². The van der Waals surface area contributed by atoms with Crippen molar-refractivity contribution >= 4 is 5.97 Å². The molecule has 120 valence electrons. The molecule has 6 nitrogen and oxygen atoms in total. The molecule has 3 aliphatic rings. The van der Waals surface area contributed by atoms with Gasteiger partial charge < -0.3 is 19.5 Å². The molecule has 1 N–H and O–H groups in total. The molecule has 1 saturated carbocycles. The summed E-state index contributed by atoms with van der Waals surface area (Å²) in [4.78, 5) is 15.4. The Morgan fingerprint density at radius 1 is 1.10 bits per heavy atom. The number of nitrogens with zero attached hydrogens (tertiary/aromatic N) is 2. The molecule has 0 atom stereocenters. The van der Waals surface area contributed by atoms with Crippen LogP contribution in [0, 0.1) is 0 Å². The Bertz CT molecular complexity index is 353. The van der Waals surface area contributed by atoms with E-state index < -0.39 is 5.97 Å². The number of rotatable bonds is 4. The molecule has 0 aromatic heterocycles. The third kappa shape index (κ3) is 3.74. The van der Waals surface area contributed by atoms with Crippen molar-refractivity contribution in [2.45, 2.75) is 43.9 Å². The summed E-state index contributed by atoms with van der Waals surface area (Å²) in [6.07, 6.45) is 4.57. The van der Waals surface area contributed by atoms with Crippen molar-refractivity contribution in [3.8, 4) is 0 Å². The van der Waals surface area contributed by atoms with Crippen LogP contribution in [0.3, 0.4) is 0 Å². The van der Waals surface area contributed by atoms with Crippen molar-refractivity contribution in [2.75, 3.05) is 45.9 Å². The molecule has 3 fully saturated rings. The van der Waals surface area contributed by atoms with E-state index in [0.717, 1.165) is 65.1 Å². The third-order valence-corrected chi connectivity index (χ3v) is 5.10. The van der Waals surface area contributed by atoms with E-state index in [1.54, 1.807) is 0 Å². The van der Waals surface area contributed by atoms with E-state index >= 15 is 0 Å². The van der Waals surface area contributed by atoms with E-state index in [-0.39, 0.29) is 12.2 Å². The quantitative estimate of drug-likeness (QED) is 0.827. The van der Waals surface area contributed by atoms with Crippen LogP contribution >= 0.6 is 0 Å². The van der Waals surface area contributed by atoms with Gasteiger partial charge in [-0.05, 0) is 12.8 Å². The summed E-state index contributed by atoms with van der Waals surface area (Å²) in [5.41, 5.74) is 0. The molecule has 0 bridgehead atoms. The molecule has 2 heterocycles. The van der Waals surface area contributed by atoms with Crippen LogP contribution in [0.25, 0.3) is 0 Å². The van der Waals surface area contributed by atoms with Gasteiger partial charge in [0.15, 0.2) is 5.79 Å². The Hall–Kier alpha value is -0.690. The van der Waals surface area contributed by atoms with Crippen molar-refractivity contribution in [1.82, 2.24) is 9.80 Å². The van der Waals surface area contributed by atoms with Gasteiger partial charge in [-0.1, -0.05) is 0 Å². The van der Waals surface area contributed by atoms with E-state index in [1.165, 1.54) is 0 Å². The summed E-state index contributed by atoms with van der Waals surface area (Å²) in [5, 5.41) is 8.74. The van der Waals surface area contributed by atoms with Gasteiger partial charge in [0.25, 0.3) is 0 Å². The highest BCUT2D eigenvalue weighted by Crippen LogP contribution is 2.37. The molecule has 0 aromatic rings. The summed E-state index contributed by atoms with van der Waals surface area (Å²) >= 11 is 0. The number of carbonyl (C=O) groups is 1. The summed E-state index contributed by atoms with van der Waals surface area (Å²) in [5.74, 6) is -0.966. The van der Waals surface area contributed by atoms with Gasteiger partial charge in [-0.3, -0.25) is 9.69 Å². The van der Waals surface area contributed by atoms with Crippen LogP contribution < -0.4 is 0 Å². The number of carboxylic acids is 1. The van der Waals surface area contributed by atoms with E-state index in [1.807, 2.05) is 0 Å². The van der Waals surface area contributed by atoms with Gasteiger partial charge >= 0.3 is 5.97 Å². The van der Waals surface area contributed by atoms with Crippen molar-refractivity contribution in [3.05, 3.63) is 0 Å². The number of hydrogen-bond donors (Lipinski definition) is 1. The van der Waals surface area contributed by atoms with Crippen LogP contribution in [-0.2, 0) is 14.3 Å². The molecule has 0 radical (unpaired) electrons. The Morgan fingerprint density at radius 3 is 2.29 bits per heavy atom. The van der Waals surface area contributed by atoms with E-state index in [2.05, 4.69) is 9.80 Å². The van der Waals surface area contributed by atoms with Crippen LogP contribution in [0.1, 0.15) is 32.1 Å². The van der Waals surface area contributed by atoms with Gasteiger partial charge in [0.1, 0.15) is 0 Å². The molecule has 6 heteroatoms. The predicted octanol–water partition coefficient (Wildman–Crippen LogP) is 0.764. The zero-order chi connectivity index (χ0) is 14.7. The smallest absolute Gasteiger partial charge is 0.304 e. The lowest BCUT2D eigenvalue weighted by Gasteiger charge is -2.43. The first-order valence-electron chi connectivity index (χ1n) is 8.13. The standard InChI is InChI=1S/C15H26N2O4/c18-14(19)3-6-16-7-9-17(10-8-16)13-1-4-15(5-2-13)20-11-12-21-15/h13H,1-12H2,(H,18,19). The maximum Gasteiger partial charge on any atom is 0.304 e. The second-order valence-corrected chi connectivity index (χ2v) is 6.36. The number of aliphatic carboxylic acids is 1. The number of piperazine rings is 1. The minimum absolute atomic E-state index is 0.251. The first kappa shape index (κ1) is 15.2. The highest BCUT2D eigenvalue weighted by molar-refractivity contribution is 5.66. The van der Waals surface area contributed by atoms with Gasteiger partial charge in [-0.2, -0.15) is 0 Å². The molecule has 0 amide bonds. The zero-order valence-electron chi connectivity index (χ0n) is 12.6. The van der Waals surface area contributed by atoms with Crippen molar-refractivity contribution in [3.63, 3.8) is 0 Å². The fourth-order valence-corrected chi connectivity index (χ4v) is 3.80. The highest BCUT2D eigenvalue weighted by atomic mass is 16.7. The van der Waals surface area contributed by atoms with Crippen LogP contribution in [0.2, 0.25) is 0 Å². The van der Waals surface area contributed by atoms with E-state index in [4.69, 9.17) is 14.6 Å². The average molecular weight is 298 g/mol. The number of ether oxygens (including phenoxy) is 2. The Morgan fingerprint density at radius 2 is 1.71 bits per heavy atom. The lowest BCUT2D eigenvalue weighted by Crippen LogP contribution is -2.52. The summed E-state index contributed by atoms with van der Waals surface area (Å²) in [6.45, 7) is 6.25. The largest absolute Gasteiger partial charge is 0.481 e. The normalized spacial score (nSPS) is 28.2. The lowest BCUT2D eigenvalue weighted by atomic mass is 9.89. The predicted molar refractivity (Wildman–Crippen MR) is 77.2 cm³/mol. The Labute approximate surface area is 126 Å². The SMILES string of the molecule is O=C(O)CCN1CCN(C2CCC3(CC2)OCCO3)CC1. The van der Waals surface area contributed by atoms with Gasteiger partial charge in [0.05, 0.1) is 19.6 Å². The molecule has 2 aliphatic heterocycles. The summed E-state index contributed by atoms with van der Waals surface area (Å²) in [7, 11) is 0. The van der Waals surface area contributed by atoms with Crippen LogP contribution in [0.5, 0.6) is 0 Å². The minimum Gasteiger partial charge on any atom is -0.481 e. The first-order chi connectivity index (χ1) is 10.2. The van der Waals surface area contributed by atoms with Crippen molar-refractivity contribution in [2.24, 2.45) is 0 Å². The highest BCUT2D eigenvalue weighted by Gasteiger charge is 2.41. The monoisotopic (exact) mass is 298 g/mol. The molecule has 1 aliphatic carbocycles. The number of hydrogen-bond acceptors (Lipinski definition) is 5. The average Bonchev–Trinajstić information content (AvgIpc) is 2.95. The third-order valence-electron chi connectivity index (χ3n) is 5.10. The van der Waals surface area contributed by atoms with E-state index in [0.29, 0.717) is 12.6 Å². The van der Waals surface area contributed by atoms with Crippen molar-refractivity contribution in [1.29, 1.82) is 0 Å². The van der Waals surface area contributed by atoms with Gasteiger partial charge in [-0.15, -0.1) is 0 Å². The van der Waals surface area contributed by atoms with Gasteiger partial charge in [0.2, 0.25) is 0 Å². The van der Waals surface area contributed by atoms with Gasteiger partial charge in [-0.25, -0.2) is 0 Å². The fraction of sp³-hybridized carbons (Fsp3) is 0.933. The van der Waals surface area contributed by atoms with Crippen LogP contribution in [-0.4, -0.2) is 78.6 Å². The maximum absolute atomic E-state index is 10.6. The van der Waals surface area contributed by atoms with E-state index in [9.17, 15) is 4.79 Å². The topological polar surface area (TPSA) is 62.2 Å².